The molecule has 36 heavy (non-hydrogen) atoms. The van der Waals surface area contributed by atoms with Crippen molar-refractivity contribution >= 4 is 17.9 Å². The molecule has 4 N–H and O–H groups in total. The maximum atomic E-state index is 12.8. The molecule has 2 aromatic carbocycles. The van der Waals surface area contributed by atoms with E-state index in [2.05, 4.69) is 15.6 Å². The molecule has 0 aliphatic heterocycles. The van der Waals surface area contributed by atoms with Crippen LogP contribution in [0, 0.1) is 5.92 Å². The first-order valence-corrected chi connectivity index (χ1v) is 11.9. The van der Waals surface area contributed by atoms with Crippen LogP contribution < -0.4 is 16.4 Å². The monoisotopic (exact) mass is 488 g/mol. The summed E-state index contributed by atoms with van der Waals surface area (Å²) in [5.41, 5.74) is 8.65. The van der Waals surface area contributed by atoms with E-state index < -0.39 is 30.1 Å². The van der Waals surface area contributed by atoms with E-state index >= 15 is 0 Å². The Kier molecular flexibility index (Phi) is 9.16. The molecule has 0 aliphatic rings. The van der Waals surface area contributed by atoms with E-state index in [0.29, 0.717) is 12.1 Å². The second-order valence-corrected chi connectivity index (χ2v) is 8.93. The van der Waals surface area contributed by atoms with Crippen LogP contribution in [0.15, 0.2) is 72.8 Å². The summed E-state index contributed by atoms with van der Waals surface area (Å²) in [5, 5.41) is 5.46. The Hall–Kier alpha value is -4.20. The Morgan fingerprint density at radius 1 is 0.917 bits per heavy atom. The number of primary amides is 1. The number of ether oxygens (including phenoxy) is 1. The predicted molar refractivity (Wildman–Crippen MR) is 138 cm³/mol. The lowest BCUT2D eigenvalue weighted by Gasteiger charge is -2.17. The summed E-state index contributed by atoms with van der Waals surface area (Å²) in [5.74, 6) is -0.877. The third-order valence-corrected chi connectivity index (χ3v) is 5.61. The van der Waals surface area contributed by atoms with Crippen LogP contribution >= 0.6 is 0 Å². The average molecular weight is 489 g/mol. The molecule has 8 heteroatoms. The topological polar surface area (TPSA) is 123 Å². The van der Waals surface area contributed by atoms with Crippen molar-refractivity contribution in [3.05, 3.63) is 89.6 Å². The quantitative estimate of drug-likeness (QED) is 0.391. The van der Waals surface area contributed by atoms with Crippen molar-refractivity contribution in [3.8, 4) is 11.3 Å². The highest BCUT2D eigenvalue weighted by Crippen LogP contribution is 2.23. The number of pyridine rings is 1. The number of nitrogens with one attached hydrogen (secondary N) is 2. The van der Waals surface area contributed by atoms with Gasteiger partial charge < -0.3 is 21.1 Å². The third-order valence-electron chi connectivity index (χ3n) is 5.61. The van der Waals surface area contributed by atoms with Gasteiger partial charge in [-0.2, -0.15) is 0 Å². The highest BCUT2D eigenvalue weighted by molar-refractivity contribution is 5.96. The van der Waals surface area contributed by atoms with Gasteiger partial charge in [-0.3, -0.25) is 9.59 Å². The Morgan fingerprint density at radius 2 is 1.61 bits per heavy atom. The number of carbonyl (C=O) groups is 3. The van der Waals surface area contributed by atoms with Gasteiger partial charge in [-0.05, 0) is 42.5 Å². The first-order valence-electron chi connectivity index (χ1n) is 11.9. The van der Waals surface area contributed by atoms with Gasteiger partial charge in [-0.15, -0.1) is 0 Å². The Bertz CT molecular complexity index is 1200. The van der Waals surface area contributed by atoms with Crippen molar-refractivity contribution in [1.29, 1.82) is 0 Å². The van der Waals surface area contributed by atoms with Crippen molar-refractivity contribution < 1.29 is 19.1 Å². The van der Waals surface area contributed by atoms with Crippen molar-refractivity contribution in [1.82, 2.24) is 15.6 Å². The van der Waals surface area contributed by atoms with Crippen LogP contribution in [0.25, 0.3) is 11.3 Å². The zero-order valence-electron chi connectivity index (χ0n) is 20.7. The summed E-state index contributed by atoms with van der Waals surface area (Å²) in [4.78, 5) is 41.4. The molecule has 188 valence electrons. The third kappa shape index (κ3) is 7.40. The molecule has 0 fully saturated rings. The second kappa shape index (κ2) is 12.5. The van der Waals surface area contributed by atoms with Gasteiger partial charge in [-0.1, -0.05) is 74.5 Å². The molecule has 1 aromatic heterocycles. The molecule has 8 nitrogen and oxygen atoms in total. The molecular formula is C28H32N4O4. The van der Waals surface area contributed by atoms with E-state index in [9.17, 15) is 14.4 Å². The minimum atomic E-state index is -0.774. The van der Waals surface area contributed by atoms with Crippen LogP contribution in [0.4, 0.5) is 4.79 Å². The van der Waals surface area contributed by atoms with E-state index in [4.69, 9.17) is 10.5 Å². The zero-order valence-corrected chi connectivity index (χ0v) is 20.7. The number of rotatable bonds is 10. The first-order chi connectivity index (χ1) is 17.2. The molecule has 0 saturated carbocycles. The maximum Gasteiger partial charge on any atom is 0.408 e. The Labute approximate surface area is 211 Å². The Morgan fingerprint density at radius 3 is 2.31 bits per heavy atom. The number of alkyl carbamates (subject to hydrolysis) is 1. The molecule has 3 rings (SSSR count). The molecule has 0 radical (unpaired) electrons. The normalized spacial score (nSPS) is 12.4. The summed E-state index contributed by atoms with van der Waals surface area (Å²) in [6.45, 7) is 5.92. The Balaban J connectivity index is 1.70. The van der Waals surface area contributed by atoms with Crippen molar-refractivity contribution in [2.45, 2.75) is 45.9 Å². The van der Waals surface area contributed by atoms with Gasteiger partial charge in [0, 0.05) is 12.1 Å². The fraction of sp³-hybridized carbons (Fsp3) is 0.286. The van der Waals surface area contributed by atoms with Gasteiger partial charge in [0.1, 0.15) is 17.8 Å². The standard InChI is InChI=1S/C28H32N4O4/c1-18(2)16-25(26(29)33)32-27(34)24-15-9-14-23(31-24)22-13-8-7-12-21(22)17-30-28(35)36-19(3)20-10-5-4-6-11-20/h4-15,18-19,25H,16-17H2,1-3H3,(H2,29,33)(H,30,35)(H,32,34)/t19-,25-/m0/s1. The number of nitrogens with two attached hydrogens (primary N) is 1. The van der Waals surface area contributed by atoms with E-state index in [1.165, 1.54) is 0 Å². The van der Waals surface area contributed by atoms with Gasteiger partial charge in [0.15, 0.2) is 0 Å². The summed E-state index contributed by atoms with van der Waals surface area (Å²) in [7, 11) is 0. The highest BCUT2D eigenvalue weighted by atomic mass is 16.6. The van der Waals surface area contributed by atoms with Crippen LogP contribution in [0.1, 0.15) is 54.9 Å². The average Bonchev–Trinajstić information content (AvgIpc) is 2.87. The maximum absolute atomic E-state index is 12.8. The smallest absolute Gasteiger partial charge is 0.408 e. The number of amides is 3. The molecule has 0 bridgehead atoms. The number of aromatic nitrogens is 1. The zero-order chi connectivity index (χ0) is 26.1. The van der Waals surface area contributed by atoms with Crippen LogP contribution in [0.3, 0.4) is 0 Å². The summed E-state index contributed by atoms with van der Waals surface area (Å²) in [6.07, 6.45) is -0.489. The van der Waals surface area contributed by atoms with Gasteiger partial charge >= 0.3 is 6.09 Å². The van der Waals surface area contributed by atoms with Crippen LogP contribution in [-0.4, -0.2) is 28.9 Å². The number of hydrogen-bond donors (Lipinski definition) is 3. The van der Waals surface area contributed by atoms with E-state index in [1.807, 2.05) is 75.4 Å². The molecular weight excluding hydrogens is 456 g/mol. The van der Waals surface area contributed by atoms with Gasteiger partial charge in [0.05, 0.1) is 5.69 Å². The lowest BCUT2D eigenvalue weighted by atomic mass is 10.0. The van der Waals surface area contributed by atoms with Gasteiger partial charge in [0.25, 0.3) is 5.91 Å². The van der Waals surface area contributed by atoms with Crippen LogP contribution in [0.2, 0.25) is 0 Å². The van der Waals surface area contributed by atoms with E-state index in [-0.39, 0.29) is 18.2 Å². The van der Waals surface area contributed by atoms with E-state index in [1.54, 1.807) is 18.2 Å². The second-order valence-electron chi connectivity index (χ2n) is 8.93. The largest absolute Gasteiger partial charge is 0.442 e. The lowest BCUT2D eigenvalue weighted by Crippen LogP contribution is -2.45. The number of benzene rings is 2. The first kappa shape index (κ1) is 26.4. The van der Waals surface area contributed by atoms with Gasteiger partial charge in [-0.25, -0.2) is 9.78 Å². The number of hydrogen-bond acceptors (Lipinski definition) is 5. The van der Waals surface area contributed by atoms with Gasteiger partial charge in [0.2, 0.25) is 5.91 Å². The summed E-state index contributed by atoms with van der Waals surface area (Å²) < 4.78 is 5.48. The number of nitrogens with zero attached hydrogens (tertiary/aromatic N) is 1. The molecule has 2 atom stereocenters. The minimum Gasteiger partial charge on any atom is -0.442 e. The molecule has 3 amide bonds. The van der Waals surface area contributed by atoms with Crippen molar-refractivity contribution in [3.63, 3.8) is 0 Å². The molecule has 0 aliphatic carbocycles. The van der Waals surface area contributed by atoms with Crippen LogP contribution in [0.5, 0.6) is 0 Å². The predicted octanol–water partition coefficient (Wildman–Crippen LogP) is 4.37. The molecule has 0 spiro atoms. The SMILES string of the molecule is CC(C)C[C@H](NC(=O)c1cccc(-c2ccccc2CNC(=O)O[C@@H](C)c2ccccc2)n1)C(N)=O. The summed E-state index contributed by atoms with van der Waals surface area (Å²) in [6, 6.07) is 21.2. The lowest BCUT2D eigenvalue weighted by molar-refractivity contribution is -0.120. The molecule has 0 unspecified atom stereocenters. The number of carbonyl (C=O) groups excluding carboxylic acids is 3. The van der Waals surface area contributed by atoms with Crippen molar-refractivity contribution in [2.75, 3.05) is 0 Å². The van der Waals surface area contributed by atoms with E-state index in [0.717, 1.165) is 16.7 Å². The van der Waals surface area contributed by atoms with Crippen LogP contribution in [-0.2, 0) is 16.1 Å². The molecule has 0 saturated heterocycles. The fourth-order valence-electron chi connectivity index (χ4n) is 3.75. The fourth-order valence-corrected chi connectivity index (χ4v) is 3.75. The summed E-state index contributed by atoms with van der Waals surface area (Å²) >= 11 is 0. The molecule has 1 heterocycles. The van der Waals surface area contributed by atoms with Crippen molar-refractivity contribution in [2.24, 2.45) is 11.7 Å². The highest BCUT2D eigenvalue weighted by Gasteiger charge is 2.21. The molecule has 3 aromatic rings. The minimum absolute atomic E-state index is 0.168.